The van der Waals surface area contributed by atoms with Crippen molar-refractivity contribution in [2.45, 2.75) is 19.0 Å². The van der Waals surface area contributed by atoms with Crippen molar-refractivity contribution in [1.29, 1.82) is 0 Å². The van der Waals surface area contributed by atoms with E-state index in [0.29, 0.717) is 11.1 Å². The minimum atomic E-state index is -1.18. The first-order chi connectivity index (χ1) is 18.5. The van der Waals surface area contributed by atoms with Crippen LogP contribution in [0.3, 0.4) is 0 Å². The van der Waals surface area contributed by atoms with Crippen molar-refractivity contribution in [3.8, 4) is 11.8 Å². The summed E-state index contributed by atoms with van der Waals surface area (Å²) in [5, 5.41) is 17.3. The predicted octanol–water partition coefficient (Wildman–Crippen LogP) is 2.82. The van der Waals surface area contributed by atoms with E-state index in [-0.39, 0.29) is 25.0 Å². The van der Waals surface area contributed by atoms with Gasteiger partial charge in [-0.25, -0.2) is 5.48 Å². The van der Waals surface area contributed by atoms with E-state index in [2.05, 4.69) is 27.8 Å². The van der Waals surface area contributed by atoms with Gasteiger partial charge >= 0.3 is 0 Å². The number of amides is 3. The van der Waals surface area contributed by atoms with Gasteiger partial charge in [-0.05, 0) is 54.5 Å². The molecule has 3 aromatic rings. The van der Waals surface area contributed by atoms with Crippen LogP contribution in [0, 0.1) is 11.8 Å². The van der Waals surface area contributed by atoms with Gasteiger partial charge in [-0.3, -0.25) is 19.6 Å². The van der Waals surface area contributed by atoms with Gasteiger partial charge in [-0.15, -0.1) is 0 Å². The number of carbonyl (C=O) groups excluding carboxylic acids is 3. The molecule has 8 nitrogen and oxygen atoms in total. The van der Waals surface area contributed by atoms with Crippen LogP contribution in [0.5, 0.6) is 0 Å². The topological polar surface area (TPSA) is 120 Å². The first-order valence-corrected chi connectivity index (χ1v) is 12.1. The molecule has 0 aromatic heterocycles. The van der Waals surface area contributed by atoms with Crippen LogP contribution in [-0.2, 0) is 9.59 Å². The summed E-state index contributed by atoms with van der Waals surface area (Å²) in [6.07, 6.45) is 3.65. The highest BCUT2D eigenvalue weighted by atomic mass is 16.5. The standard InChI is InChI=1S/C30H30N4O4/c1-22(25-14-6-3-7-15-25)31-21-28(35)32-20-27(30(37)34-38)33-29(36)26-18-16-24(17-19-26)13-9-8-12-23-10-4-2-5-11-23/h2-8,10-12,14-19,22,27,31,38H,20-21H2,1H3,(H,32,35)(H,33,36)(H,34,37)/b12-8+/t22-,27-/m0/s1. The van der Waals surface area contributed by atoms with Gasteiger partial charge in [0.25, 0.3) is 11.8 Å². The maximum absolute atomic E-state index is 12.7. The van der Waals surface area contributed by atoms with Gasteiger partial charge in [-0.2, -0.15) is 0 Å². The summed E-state index contributed by atoms with van der Waals surface area (Å²) in [5.41, 5.74) is 4.62. The Labute approximate surface area is 222 Å². The fourth-order valence-corrected chi connectivity index (χ4v) is 3.44. The minimum absolute atomic E-state index is 0.0144. The second kappa shape index (κ2) is 14.8. The van der Waals surface area contributed by atoms with Gasteiger partial charge in [-0.1, -0.05) is 72.5 Å². The zero-order chi connectivity index (χ0) is 27.2. The molecule has 0 aliphatic carbocycles. The summed E-state index contributed by atoms with van der Waals surface area (Å²) in [6, 6.07) is 24.8. The lowest BCUT2D eigenvalue weighted by Gasteiger charge is -2.18. The predicted molar refractivity (Wildman–Crippen MR) is 146 cm³/mol. The first-order valence-electron chi connectivity index (χ1n) is 12.1. The van der Waals surface area contributed by atoms with Crippen LogP contribution in [0.25, 0.3) is 6.08 Å². The summed E-state index contributed by atoms with van der Waals surface area (Å²) in [6.45, 7) is 1.75. The lowest BCUT2D eigenvalue weighted by Crippen LogP contribution is -2.52. The number of benzene rings is 3. The average molecular weight is 511 g/mol. The van der Waals surface area contributed by atoms with Gasteiger partial charge in [0, 0.05) is 23.7 Å². The molecule has 3 amide bonds. The Morgan fingerprint density at radius 1 is 0.921 bits per heavy atom. The highest BCUT2D eigenvalue weighted by Gasteiger charge is 2.22. The molecule has 5 N–H and O–H groups in total. The van der Waals surface area contributed by atoms with Crippen molar-refractivity contribution >= 4 is 23.8 Å². The second-order valence-electron chi connectivity index (χ2n) is 8.41. The Kier molecular flexibility index (Phi) is 10.8. The zero-order valence-electron chi connectivity index (χ0n) is 21.0. The van der Waals surface area contributed by atoms with Crippen LogP contribution in [-0.4, -0.2) is 42.1 Å². The van der Waals surface area contributed by atoms with Gasteiger partial charge in [0.1, 0.15) is 6.04 Å². The molecule has 2 atom stereocenters. The molecule has 3 aromatic carbocycles. The third-order valence-electron chi connectivity index (χ3n) is 5.63. The molecule has 38 heavy (non-hydrogen) atoms. The number of hydroxylamine groups is 1. The molecule has 0 fully saturated rings. The van der Waals surface area contributed by atoms with E-state index < -0.39 is 17.9 Å². The SMILES string of the molecule is C[C@H](NCC(=O)NC[C@H](NC(=O)c1ccc(C#C/C=C/c2ccccc2)cc1)C(=O)NO)c1ccccc1. The van der Waals surface area contributed by atoms with E-state index in [1.807, 2.05) is 73.7 Å². The first kappa shape index (κ1) is 27.9. The fourth-order valence-electron chi connectivity index (χ4n) is 3.44. The fraction of sp³-hybridized carbons (Fsp3) is 0.167. The Hall–Kier alpha value is -4.71. The van der Waals surface area contributed by atoms with Crippen LogP contribution < -0.4 is 21.4 Å². The van der Waals surface area contributed by atoms with E-state index in [9.17, 15) is 14.4 Å². The van der Waals surface area contributed by atoms with Crippen molar-refractivity contribution in [3.05, 3.63) is 113 Å². The molecule has 8 heteroatoms. The largest absolute Gasteiger partial charge is 0.352 e. The van der Waals surface area contributed by atoms with Gasteiger partial charge in [0.05, 0.1) is 6.54 Å². The maximum Gasteiger partial charge on any atom is 0.267 e. The molecule has 0 radical (unpaired) electrons. The molecule has 194 valence electrons. The highest BCUT2D eigenvalue weighted by Crippen LogP contribution is 2.10. The molecule has 0 spiro atoms. The third kappa shape index (κ3) is 9.06. The van der Waals surface area contributed by atoms with Crippen LogP contribution in [0.15, 0.2) is 91.0 Å². The number of rotatable bonds is 10. The van der Waals surface area contributed by atoms with Crippen LogP contribution in [0.4, 0.5) is 0 Å². The molecular formula is C30H30N4O4. The van der Waals surface area contributed by atoms with Crippen molar-refractivity contribution in [3.63, 3.8) is 0 Å². The Bertz CT molecular complexity index is 1300. The lowest BCUT2D eigenvalue weighted by atomic mass is 10.1. The number of nitrogens with one attached hydrogen (secondary N) is 4. The van der Waals surface area contributed by atoms with E-state index in [0.717, 1.165) is 11.1 Å². The Morgan fingerprint density at radius 2 is 1.58 bits per heavy atom. The Morgan fingerprint density at radius 3 is 2.24 bits per heavy atom. The van der Waals surface area contributed by atoms with E-state index in [4.69, 9.17) is 5.21 Å². The molecular weight excluding hydrogens is 480 g/mol. The smallest absolute Gasteiger partial charge is 0.267 e. The number of hydrogen-bond acceptors (Lipinski definition) is 5. The van der Waals surface area contributed by atoms with Crippen molar-refractivity contribution in [1.82, 2.24) is 21.4 Å². The van der Waals surface area contributed by atoms with E-state index in [1.54, 1.807) is 30.3 Å². The lowest BCUT2D eigenvalue weighted by molar-refractivity contribution is -0.131. The van der Waals surface area contributed by atoms with Crippen LogP contribution >= 0.6 is 0 Å². The van der Waals surface area contributed by atoms with E-state index in [1.165, 1.54) is 5.48 Å². The number of carbonyl (C=O) groups is 3. The molecule has 3 rings (SSSR count). The maximum atomic E-state index is 12.7. The molecule has 0 saturated carbocycles. The van der Waals surface area contributed by atoms with Crippen LogP contribution in [0.2, 0.25) is 0 Å². The number of hydrogen-bond donors (Lipinski definition) is 5. The highest BCUT2D eigenvalue weighted by molar-refractivity contribution is 5.97. The molecule has 0 unspecified atom stereocenters. The van der Waals surface area contributed by atoms with Gasteiger partial charge in [0.2, 0.25) is 5.91 Å². The van der Waals surface area contributed by atoms with Gasteiger partial charge in [0.15, 0.2) is 0 Å². The van der Waals surface area contributed by atoms with E-state index >= 15 is 0 Å². The summed E-state index contributed by atoms with van der Waals surface area (Å²) < 4.78 is 0. The van der Waals surface area contributed by atoms with Crippen molar-refractivity contribution < 1.29 is 19.6 Å². The quantitative estimate of drug-likeness (QED) is 0.163. The zero-order valence-corrected chi connectivity index (χ0v) is 21.0. The summed E-state index contributed by atoms with van der Waals surface area (Å²) in [7, 11) is 0. The second-order valence-corrected chi connectivity index (χ2v) is 8.41. The van der Waals surface area contributed by atoms with Crippen LogP contribution in [0.1, 0.15) is 40.0 Å². The van der Waals surface area contributed by atoms with Gasteiger partial charge < -0.3 is 16.0 Å². The molecule has 0 aliphatic heterocycles. The minimum Gasteiger partial charge on any atom is -0.352 e. The third-order valence-corrected chi connectivity index (χ3v) is 5.63. The van der Waals surface area contributed by atoms with Crippen molar-refractivity contribution in [2.24, 2.45) is 0 Å². The molecule has 0 heterocycles. The normalized spacial score (nSPS) is 12.1. The van der Waals surface area contributed by atoms with Crippen molar-refractivity contribution in [2.75, 3.05) is 13.1 Å². The summed E-state index contributed by atoms with van der Waals surface area (Å²) in [5.74, 6) is 4.20. The molecule has 0 bridgehead atoms. The molecule has 0 aliphatic rings. The monoisotopic (exact) mass is 510 g/mol. The average Bonchev–Trinajstić information content (AvgIpc) is 2.97. The summed E-state index contributed by atoms with van der Waals surface area (Å²) in [4.78, 5) is 37.0. The number of allylic oxidation sites excluding steroid dienone is 1. The Balaban J connectivity index is 1.50. The molecule has 0 saturated heterocycles. The summed E-state index contributed by atoms with van der Waals surface area (Å²) >= 11 is 0.